The molecule has 0 saturated heterocycles. The summed E-state index contributed by atoms with van der Waals surface area (Å²) in [5.74, 6) is -0.258. The van der Waals surface area contributed by atoms with Crippen molar-refractivity contribution >= 4 is 5.78 Å². The monoisotopic (exact) mass is 118 g/mol. The maximum Gasteiger partial charge on any atom is 0.160 e. The van der Waals surface area contributed by atoms with Crippen LogP contribution in [0.1, 0.15) is 6.92 Å². The summed E-state index contributed by atoms with van der Waals surface area (Å²) in [5, 5.41) is 8.65. The molecule has 0 aliphatic carbocycles. The number of carbonyl (C=O) groups is 1. The molecule has 0 rings (SSSR count). The fraction of sp³-hybridized carbons (Fsp3) is 0.800. The van der Waals surface area contributed by atoms with Crippen molar-refractivity contribution in [1.82, 2.24) is 0 Å². The number of rotatable bonds is 3. The lowest BCUT2D eigenvalue weighted by Gasteiger charge is -2.01. The maximum absolute atomic E-state index is 10.2. The van der Waals surface area contributed by atoms with E-state index in [-0.39, 0.29) is 12.4 Å². The smallest absolute Gasteiger partial charge is 0.160 e. The van der Waals surface area contributed by atoms with Crippen LogP contribution < -0.4 is 0 Å². The first-order chi connectivity index (χ1) is 3.68. The lowest BCUT2D eigenvalue weighted by Crippen LogP contribution is -2.22. The number of aliphatic hydroxyl groups excluding tert-OH is 1. The number of methoxy groups -OCH3 is 1. The van der Waals surface area contributed by atoms with Crippen molar-refractivity contribution in [2.24, 2.45) is 0 Å². The second kappa shape index (κ2) is 3.57. The molecule has 0 saturated carbocycles. The Kier molecular flexibility index (Phi) is 3.39. The van der Waals surface area contributed by atoms with E-state index in [1.807, 2.05) is 0 Å². The molecule has 0 heterocycles. The molecule has 0 radical (unpaired) electrons. The number of hydrogen-bond acceptors (Lipinski definition) is 3. The van der Waals surface area contributed by atoms with Gasteiger partial charge in [0.1, 0.15) is 6.10 Å². The highest BCUT2D eigenvalue weighted by Gasteiger charge is 2.06. The van der Waals surface area contributed by atoms with Gasteiger partial charge < -0.3 is 9.84 Å². The van der Waals surface area contributed by atoms with E-state index in [4.69, 9.17) is 5.11 Å². The second-order valence-corrected chi connectivity index (χ2v) is 1.58. The van der Waals surface area contributed by atoms with Gasteiger partial charge in [-0.15, -0.1) is 0 Å². The molecule has 0 bridgehead atoms. The normalized spacial score (nSPS) is 13.4. The minimum absolute atomic E-state index is 0.0926. The number of Topliss-reactive ketones (excluding diaryl/α,β-unsaturated/α-hetero) is 1. The molecule has 0 aromatic carbocycles. The number of aliphatic hydroxyl groups is 1. The predicted molar refractivity (Wildman–Crippen MR) is 28.6 cm³/mol. The summed E-state index contributed by atoms with van der Waals surface area (Å²) in [7, 11) is 1.44. The van der Waals surface area contributed by atoms with Gasteiger partial charge in [0.05, 0.1) is 6.61 Å². The Hall–Kier alpha value is -0.410. The van der Waals surface area contributed by atoms with Crippen molar-refractivity contribution in [3.63, 3.8) is 0 Å². The van der Waals surface area contributed by atoms with Crippen molar-refractivity contribution in [1.29, 1.82) is 0 Å². The standard InChI is InChI=1S/C5H10O3/c1-4(6)5(7)3-8-2/h5,7H,3H2,1-2H3. The fourth-order valence-electron chi connectivity index (χ4n) is 0.275. The molecule has 0 aromatic heterocycles. The Morgan fingerprint density at radius 1 is 1.88 bits per heavy atom. The van der Waals surface area contributed by atoms with Gasteiger partial charge in [-0.3, -0.25) is 4.79 Å². The number of ketones is 1. The molecule has 0 spiro atoms. The molecule has 48 valence electrons. The summed E-state index contributed by atoms with van der Waals surface area (Å²) in [6, 6.07) is 0. The van der Waals surface area contributed by atoms with Gasteiger partial charge in [-0.25, -0.2) is 0 Å². The Labute approximate surface area is 48.3 Å². The average molecular weight is 118 g/mol. The number of hydrogen-bond donors (Lipinski definition) is 1. The third-order valence-electron chi connectivity index (χ3n) is 0.794. The van der Waals surface area contributed by atoms with E-state index in [0.717, 1.165) is 0 Å². The number of carbonyl (C=O) groups excluding carboxylic acids is 1. The Balaban J connectivity index is 3.32. The summed E-state index contributed by atoms with van der Waals surface area (Å²) in [6.07, 6.45) is -0.944. The summed E-state index contributed by atoms with van der Waals surface area (Å²) >= 11 is 0. The third kappa shape index (κ3) is 2.71. The highest BCUT2D eigenvalue weighted by molar-refractivity contribution is 5.80. The van der Waals surface area contributed by atoms with Crippen molar-refractivity contribution < 1.29 is 14.6 Å². The molecule has 0 fully saturated rings. The van der Waals surface area contributed by atoms with Crippen LogP contribution in [0.2, 0.25) is 0 Å². The molecule has 1 N–H and O–H groups in total. The molecule has 0 aliphatic rings. The van der Waals surface area contributed by atoms with Crippen LogP contribution in [0.3, 0.4) is 0 Å². The van der Waals surface area contributed by atoms with Crippen molar-refractivity contribution in [3.8, 4) is 0 Å². The molecular formula is C5H10O3. The molecule has 0 aromatic rings. The van der Waals surface area contributed by atoms with Gasteiger partial charge in [-0.1, -0.05) is 0 Å². The minimum atomic E-state index is -0.944. The SMILES string of the molecule is COCC(O)C(C)=O. The lowest BCUT2D eigenvalue weighted by atomic mass is 10.3. The van der Waals surface area contributed by atoms with E-state index in [1.165, 1.54) is 14.0 Å². The molecule has 3 heteroatoms. The van der Waals surface area contributed by atoms with Crippen LogP contribution >= 0.6 is 0 Å². The van der Waals surface area contributed by atoms with Crippen molar-refractivity contribution in [3.05, 3.63) is 0 Å². The summed E-state index contributed by atoms with van der Waals surface area (Å²) < 4.78 is 4.49. The number of ether oxygens (including phenoxy) is 1. The Bertz CT molecular complexity index is 79.7. The summed E-state index contributed by atoms with van der Waals surface area (Å²) in [6.45, 7) is 1.42. The zero-order valence-electron chi connectivity index (χ0n) is 5.05. The Morgan fingerprint density at radius 2 is 2.38 bits per heavy atom. The second-order valence-electron chi connectivity index (χ2n) is 1.58. The van der Waals surface area contributed by atoms with Crippen LogP contribution in [0, 0.1) is 0 Å². The van der Waals surface area contributed by atoms with Crippen molar-refractivity contribution in [2.45, 2.75) is 13.0 Å². The van der Waals surface area contributed by atoms with E-state index in [9.17, 15) is 4.79 Å². The van der Waals surface area contributed by atoms with Crippen molar-refractivity contribution in [2.75, 3.05) is 13.7 Å². The quantitative estimate of drug-likeness (QED) is 0.547. The van der Waals surface area contributed by atoms with Gasteiger partial charge >= 0.3 is 0 Å². The van der Waals surface area contributed by atoms with E-state index in [2.05, 4.69) is 4.74 Å². The largest absolute Gasteiger partial charge is 0.383 e. The van der Waals surface area contributed by atoms with E-state index < -0.39 is 6.10 Å². The fourth-order valence-corrected chi connectivity index (χ4v) is 0.275. The van der Waals surface area contributed by atoms with E-state index in [1.54, 1.807) is 0 Å². The van der Waals surface area contributed by atoms with Gasteiger partial charge in [0.2, 0.25) is 0 Å². The van der Waals surface area contributed by atoms with Gasteiger partial charge in [0, 0.05) is 7.11 Å². The molecule has 0 amide bonds. The van der Waals surface area contributed by atoms with E-state index >= 15 is 0 Å². The molecular weight excluding hydrogens is 108 g/mol. The third-order valence-corrected chi connectivity index (χ3v) is 0.794. The van der Waals surface area contributed by atoms with Crippen LogP contribution in [0.4, 0.5) is 0 Å². The lowest BCUT2D eigenvalue weighted by molar-refractivity contribution is -0.127. The van der Waals surface area contributed by atoms with Crippen LogP contribution in [0.15, 0.2) is 0 Å². The summed E-state index contributed by atoms with van der Waals surface area (Å²) in [4.78, 5) is 10.2. The summed E-state index contributed by atoms with van der Waals surface area (Å²) in [5.41, 5.74) is 0. The first-order valence-corrected chi connectivity index (χ1v) is 2.36. The zero-order chi connectivity index (χ0) is 6.57. The minimum Gasteiger partial charge on any atom is -0.383 e. The van der Waals surface area contributed by atoms with E-state index in [0.29, 0.717) is 0 Å². The highest BCUT2D eigenvalue weighted by Crippen LogP contribution is 1.83. The zero-order valence-corrected chi connectivity index (χ0v) is 5.05. The predicted octanol–water partition coefficient (Wildman–Crippen LogP) is -0.417. The molecule has 1 unspecified atom stereocenters. The highest BCUT2D eigenvalue weighted by atomic mass is 16.5. The van der Waals surface area contributed by atoms with Crippen LogP contribution in [0.5, 0.6) is 0 Å². The first-order valence-electron chi connectivity index (χ1n) is 2.36. The molecule has 0 aliphatic heterocycles. The van der Waals surface area contributed by atoms with Crippen LogP contribution in [-0.4, -0.2) is 30.7 Å². The Morgan fingerprint density at radius 3 is 2.50 bits per heavy atom. The molecule has 3 nitrogen and oxygen atoms in total. The average Bonchev–Trinajstić information content (AvgIpc) is 1.67. The first kappa shape index (κ1) is 7.59. The molecule has 8 heavy (non-hydrogen) atoms. The topological polar surface area (TPSA) is 46.5 Å². The van der Waals surface area contributed by atoms with Crippen LogP contribution in [0.25, 0.3) is 0 Å². The maximum atomic E-state index is 10.2. The van der Waals surface area contributed by atoms with Gasteiger partial charge in [-0.2, -0.15) is 0 Å². The van der Waals surface area contributed by atoms with Gasteiger partial charge in [0.15, 0.2) is 5.78 Å². The van der Waals surface area contributed by atoms with Gasteiger partial charge in [-0.05, 0) is 6.92 Å². The van der Waals surface area contributed by atoms with Gasteiger partial charge in [0.25, 0.3) is 0 Å². The molecule has 1 atom stereocenters. The van der Waals surface area contributed by atoms with Crippen LogP contribution in [-0.2, 0) is 9.53 Å².